The van der Waals surface area contributed by atoms with Gasteiger partial charge < -0.3 is 14.6 Å². The van der Waals surface area contributed by atoms with Crippen molar-refractivity contribution in [1.82, 2.24) is 0 Å². The lowest BCUT2D eigenvalue weighted by atomic mass is 9.44. The number of aliphatic hydroxyl groups excluding tert-OH is 1. The van der Waals surface area contributed by atoms with Crippen molar-refractivity contribution in [2.45, 2.75) is 90.5 Å². The second-order valence-electron chi connectivity index (χ2n) is 11.6. The van der Waals surface area contributed by atoms with Gasteiger partial charge in [0.15, 0.2) is 17.9 Å². The Morgan fingerprint density at radius 1 is 1.16 bits per heavy atom. The first-order valence-corrected chi connectivity index (χ1v) is 13.5. The molecular weight excluding hydrogens is 477 g/mol. The number of halogens is 1. The molecule has 4 aliphatic rings. The van der Waals surface area contributed by atoms with E-state index in [1.807, 2.05) is 39.0 Å². The van der Waals surface area contributed by atoms with Crippen molar-refractivity contribution >= 4 is 23.4 Å². The van der Waals surface area contributed by atoms with Crippen molar-refractivity contribution in [1.29, 1.82) is 0 Å². The van der Waals surface area contributed by atoms with Gasteiger partial charge in [0.25, 0.3) is 0 Å². The van der Waals surface area contributed by atoms with Crippen LogP contribution in [0.15, 0.2) is 28.8 Å². The van der Waals surface area contributed by atoms with Crippen LogP contribution in [0.2, 0.25) is 0 Å². The van der Waals surface area contributed by atoms with Gasteiger partial charge in [0, 0.05) is 42.6 Å². The summed E-state index contributed by atoms with van der Waals surface area (Å²) in [5, 5.41) is 11.6. The smallest absolute Gasteiger partial charge is 0.306 e. The van der Waals surface area contributed by atoms with E-state index in [1.54, 1.807) is 20.9 Å². The van der Waals surface area contributed by atoms with Crippen LogP contribution < -0.4 is 0 Å². The lowest BCUT2D eigenvalue weighted by Crippen LogP contribution is -2.70. The van der Waals surface area contributed by atoms with Crippen LogP contribution >= 0.6 is 0 Å². The number of ketones is 1. The molecule has 8 heteroatoms. The number of allylic oxidation sites excluding steroid dienone is 4. The van der Waals surface area contributed by atoms with Gasteiger partial charge in [-0.15, -0.1) is 0 Å². The van der Waals surface area contributed by atoms with Crippen LogP contribution in [0.25, 0.3) is 0 Å². The Balaban J connectivity index is 1.80. The fourth-order valence-corrected chi connectivity index (χ4v) is 8.15. The molecule has 8 atom stereocenters. The Kier molecular flexibility index (Phi) is 7.06. The van der Waals surface area contributed by atoms with Crippen molar-refractivity contribution in [3.8, 4) is 0 Å². The van der Waals surface area contributed by atoms with Crippen molar-refractivity contribution in [2.24, 2.45) is 33.6 Å². The third-order valence-electron chi connectivity index (χ3n) is 10.1. The van der Waals surface area contributed by atoms with E-state index in [1.165, 1.54) is 0 Å². The summed E-state index contributed by atoms with van der Waals surface area (Å²) in [6.07, 6.45) is 5.91. The number of fused-ring (bicyclic) bond motifs is 5. The number of hydrogen-bond donors (Lipinski definition) is 1. The predicted molar refractivity (Wildman–Crippen MR) is 137 cm³/mol. The summed E-state index contributed by atoms with van der Waals surface area (Å²) in [7, 11) is 1.70. The average molecular weight is 518 g/mol. The summed E-state index contributed by atoms with van der Waals surface area (Å²) in [6.45, 7) is 8.30. The molecule has 0 unspecified atom stereocenters. The number of hydrogen-bond acceptors (Lipinski definition) is 7. The van der Waals surface area contributed by atoms with Crippen molar-refractivity contribution < 1.29 is 33.4 Å². The van der Waals surface area contributed by atoms with Gasteiger partial charge >= 0.3 is 11.9 Å². The average Bonchev–Trinajstić information content (AvgIpc) is 3.09. The fraction of sp³-hybridized carbons (Fsp3) is 0.724. The third kappa shape index (κ3) is 3.68. The van der Waals surface area contributed by atoms with Gasteiger partial charge in [0.05, 0.1) is 11.8 Å². The number of carbonyl (C=O) groups excluding carboxylic acids is 3. The lowest BCUT2D eigenvalue weighted by Gasteiger charge is -2.62. The molecular formula is C29H40FNO6. The number of ether oxygens (including phenoxy) is 2. The first-order chi connectivity index (χ1) is 17.3. The molecule has 0 saturated heterocycles. The first kappa shape index (κ1) is 27.7. The van der Waals surface area contributed by atoms with Crippen molar-refractivity contribution in [3.63, 3.8) is 0 Å². The summed E-state index contributed by atoms with van der Waals surface area (Å²) in [6, 6.07) is 0. The van der Waals surface area contributed by atoms with Gasteiger partial charge in [-0.1, -0.05) is 39.3 Å². The van der Waals surface area contributed by atoms with Gasteiger partial charge in [-0.05, 0) is 50.7 Å². The molecule has 37 heavy (non-hydrogen) atoms. The molecule has 3 fully saturated rings. The number of alkyl halides is 1. The van der Waals surface area contributed by atoms with Gasteiger partial charge in [-0.2, -0.15) is 0 Å². The zero-order chi connectivity index (χ0) is 27.4. The first-order valence-electron chi connectivity index (χ1n) is 13.5. The van der Waals surface area contributed by atoms with Crippen LogP contribution in [0.4, 0.5) is 4.39 Å². The van der Waals surface area contributed by atoms with Crippen LogP contribution in [0.5, 0.6) is 0 Å². The SMILES string of the molecule is CCC(=O)OCC(=O)[C@]1(OC(=O)CC)[C@@H](C)C[C@H]2[C@@H]3CCC4=CC(=NC)C=C[C@]4(C)[C@@]3(F)[C@@H](O)C[C@@]21C. The maximum Gasteiger partial charge on any atom is 0.306 e. The number of rotatable bonds is 6. The van der Waals surface area contributed by atoms with E-state index >= 15 is 4.39 Å². The molecule has 7 nitrogen and oxygen atoms in total. The molecule has 0 bridgehead atoms. The van der Waals surface area contributed by atoms with Gasteiger partial charge in [0.1, 0.15) is 0 Å². The summed E-state index contributed by atoms with van der Waals surface area (Å²) in [5.41, 5.74) is -3.94. The minimum atomic E-state index is -1.96. The minimum Gasteiger partial charge on any atom is -0.457 e. The molecule has 204 valence electrons. The largest absolute Gasteiger partial charge is 0.457 e. The van der Waals surface area contributed by atoms with Crippen LogP contribution in [0.1, 0.15) is 73.1 Å². The number of aliphatic hydroxyl groups is 1. The minimum absolute atomic E-state index is 0.0507. The molecule has 0 heterocycles. The molecule has 0 radical (unpaired) electrons. The number of carbonyl (C=O) groups is 3. The molecule has 1 N–H and O–H groups in total. The Bertz CT molecular complexity index is 1080. The Morgan fingerprint density at radius 2 is 1.84 bits per heavy atom. The topological polar surface area (TPSA) is 102 Å². The van der Waals surface area contributed by atoms with Crippen LogP contribution in [0, 0.1) is 28.6 Å². The van der Waals surface area contributed by atoms with E-state index < -0.39 is 64.4 Å². The second-order valence-corrected chi connectivity index (χ2v) is 11.6. The summed E-state index contributed by atoms with van der Waals surface area (Å²) in [4.78, 5) is 42.7. The van der Waals surface area contributed by atoms with E-state index in [4.69, 9.17) is 9.47 Å². The summed E-state index contributed by atoms with van der Waals surface area (Å²) >= 11 is 0. The highest BCUT2D eigenvalue weighted by Gasteiger charge is 2.77. The van der Waals surface area contributed by atoms with E-state index in [-0.39, 0.29) is 25.2 Å². The summed E-state index contributed by atoms with van der Waals surface area (Å²) < 4.78 is 28.8. The van der Waals surface area contributed by atoms with Crippen LogP contribution in [0.3, 0.4) is 0 Å². The highest BCUT2D eigenvalue weighted by Crippen LogP contribution is 2.71. The number of esters is 2. The zero-order valence-corrected chi connectivity index (χ0v) is 22.8. The molecule has 0 aromatic carbocycles. The maximum atomic E-state index is 17.5. The van der Waals surface area contributed by atoms with Crippen molar-refractivity contribution in [2.75, 3.05) is 13.7 Å². The standard InChI is InChI=1S/C29H40FNO6/c1-7-24(34)36-16-23(33)29(37-25(35)8-2)17(3)13-21-20-10-9-18-14-19(31-6)11-12-26(18,4)28(20,30)22(32)15-27(21,29)5/h11-12,14,17,20-22,32H,7-10,13,15-16H2,1-6H3/t17-,20-,21-,22-,26-,27-,28-,29+/m0/s1. The molecule has 0 amide bonds. The Hall–Kier alpha value is -2.35. The predicted octanol–water partition coefficient (Wildman–Crippen LogP) is 4.32. The quantitative estimate of drug-likeness (QED) is 0.527. The molecule has 3 saturated carbocycles. The molecule has 0 aromatic rings. The molecule has 0 aromatic heterocycles. The van der Waals surface area contributed by atoms with Gasteiger partial charge in [0.2, 0.25) is 5.78 Å². The highest BCUT2D eigenvalue weighted by atomic mass is 19.1. The van der Waals surface area contributed by atoms with E-state index in [0.717, 1.165) is 11.3 Å². The fourth-order valence-electron chi connectivity index (χ4n) is 8.15. The van der Waals surface area contributed by atoms with Crippen molar-refractivity contribution in [3.05, 3.63) is 23.8 Å². The van der Waals surface area contributed by atoms with Gasteiger partial charge in [-0.3, -0.25) is 19.4 Å². The van der Waals surface area contributed by atoms with Crippen LogP contribution in [-0.2, 0) is 23.9 Å². The summed E-state index contributed by atoms with van der Waals surface area (Å²) in [5.74, 6) is -2.88. The van der Waals surface area contributed by atoms with Crippen LogP contribution in [-0.4, -0.2) is 59.6 Å². The van der Waals surface area contributed by atoms with E-state index in [9.17, 15) is 19.5 Å². The normalized spacial score (nSPS) is 43.4. The second kappa shape index (κ2) is 9.44. The zero-order valence-electron chi connectivity index (χ0n) is 22.8. The lowest BCUT2D eigenvalue weighted by molar-refractivity contribution is -0.228. The Morgan fingerprint density at radius 3 is 2.46 bits per heavy atom. The maximum absolute atomic E-state index is 17.5. The monoisotopic (exact) mass is 517 g/mol. The van der Waals surface area contributed by atoms with E-state index in [0.29, 0.717) is 19.3 Å². The highest BCUT2D eigenvalue weighted by molar-refractivity contribution is 6.05. The molecule has 4 aliphatic carbocycles. The number of nitrogens with zero attached hydrogens (tertiary/aromatic N) is 1. The number of aliphatic imine (C=N–C) groups is 1. The number of Topliss-reactive ketones (excluding diaryl/α,β-unsaturated/α-hetero) is 1. The van der Waals surface area contributed by atoms with E-state index in [2.05, 4.69) is 4.99 Å². The molecule has 4 rings (SSSR count). The van der Waals surface area contributed by atoms with Gasteiger partial charge in [-0.25, -0.2) is 4.39 Å². The molecule has 0 aliphatic heterocycles. The molecule has 0 spiro atoms. The Labute approximate surface area is 218 Å². The third-order valence-corrected chi connectivity index (χ3v) is 10.1.